The third-order valence-corrected chi connectivity index (χ3v) is 2.77. The van der Waals surface area contributed by atoms with Gasteiger partial charge >= 0.3 is 0 Å². The van der Waals surface area contributed by atoms with Crippen molar-refractivity contribution in [3.8, 4) is 17.6 Å². The zero-order valence-corrected chi connectivity index (χ0v) is 11.6. The van der Waals surface area contributed by atoms with Crippen molar-refractivity contribution in [2.75, 3.05) is 11.1 Å². The second-order valence-electron chi connectivity index (χ2n) is 4.31. The van der Waals surface area contributed by atoms with E-state index in [4.69, 9.17) is 11.0 Å². The number of carbonyl (C=O) groups excluding carboxylic acids is 1. The largest absolute Gasteiger partial charge is 0.506 e. The van der Waals surface area contributed by atoms with Crippen LogP contribution in [0.2, 0.25) is 0 Å². The van der Waals surface area contributed by atoms with E-state index in [0.29, 0.717) is 0 Å². The lowest BCUT2D eigenvalue weighted by molar-refractivity contribution is -0.112. The van der Waals surface area contributed by atoms with Gasteiger partial charge in [0.1, 0.15) is 11.8 Å². The summed E-state index contributed by atoms with van der Waals surface area (Å²) < 4.78 is 0. The van der Waals surface area contributed by atoms with Gasteiger partial charge in [0.05, 0.1) is 11.9 Å². The molecule has 1 amide bonds. The van der Waals surface area contributed by atoms with E-state index in [1.807, 2.05) is 0 Å². The fourth-order valence-corrected chi connectivity index (χ4v) is 1.68. The number of nitrogen functional groups attached to an aromatic ring is 1. The molecule has 0 bridgehead atoms. The summed E-state index contributed by atoms with van der Waals surface area (Å²) in [6.07, 6.45) is 3.99. The molecule has 23 heavy (non-hydrogen) atoms. The number of aliphatic hydroxyl groups excluding tert-OH is 1. The molecule has 0 radical (unpaired) electrons. The number of carbonyl (C=O) groups is 1. The Morgan fingerprint density at radius 1 is 1.30 bits per heavy atom. The summed E-state index contributed by atoms with van der Waals surface area (Å²) in [7, 11) is 0. The molecule has 1 heterocycles. The van der Waals surface area contributed by atoms with Crippen LogP contribution < -0.4 is 11.1 Å². The lowest BCUT2D eigenvalue weighted by Crippen LogP contribution is -2.16. The molecule has 0 aliphatic rings. The number of benzene rings is 1. The minimum Gasteiger partial charge on any atom is -0.506 e. The summed E-state index contributed by atoms with van der Waals surface area (Å²) >= 11 is 0. The summed E-state index contributed by atoms with van der Waals surface area (Å²) in [5.74, 6) is -2.71. The molecule has 0 atom stereocenters. The number of aromatic nitrogens is 2. The Bertz CT molecular complexity index is 804. The number of hydrogen-bond acceptors (Lipinski definition) is 8. The van der Waals surface area contributed by atoms with Crippen molar-refractivity contribution in [1.82, 2.24) is 9.97 Å². The van der Waals surface area contributed by atoms with Gasteiger partial charge in [-0.3, -0.25) is 9.78 Å². The first-order valence-corrected chi connectivity index (χ1v) is 6.16. The molecule has 1 aromatic heterocycles. The Labute approximate surface area is 130 Å². The van der Waals surface area contributed by atoms with Crippen LogP contribution in [0.4, 0.5) is 11.5 Å². The minimum atomic E-state index is -0.920. The molecule has 9 heteroatoms. The van der Waals surface area contributed by atoms with Gasteiger partial charge < -0.3 is 26.4 Å². The van der Waals surface area contributed by atoms with Gasteiger partial charge in [0, 0.05) is 18.0 Å². The number of nitrogens with two attached hydrogens (primary N) is 1. The lowest BCUT2D eigenvalue weighted by atomic mass is 10.1. The predicted molar refractivity (Wildman–Crippen MR) is 80.0 cm³/mol. The highest BCUT2D eigenvalue weighted by Gasteiger charge is 2.19. The highest BCUT2D eigenvalue weighted by atomic mass is 16.3. The van der Waals surface area contributed by atoms with E-state index in [9.17, 15) is 20.1 Å². The Morgan fingerprint density at radius 2 is 2.04 bits per heavy atom. The van der Waals surface area contributed by atoms with Crippen molar-refractivity contribution in [2.45, 2.75) is 0 Å². The topological polar surface area (TPSA) is 165 Å². The van der Waals surface area contributed by atoms with E-state index < -0.39 is 28.7 Å². The third-order valence-electron chi connectivity index (χ3n) is 2.77. The molecule has 2 rings (SSSR count). The van der Waals surface area contributed by atoms with Crippen LogP contribution in [0.3, 0.4) is 0 Å². The molecule has 0 unspecified atom stereocenters. The predicted octanol–water partition coefficient (Wildman–Crippen LogP) is 0.901. The van der Waals surface area contributed by atoms with Crippen LogP contribution >= 0.6 is 0 Å². The van der Waals surface area contributed by atoms with Crippen LogP contribution in [-0.4, -0.2) is 31.2 Å². The summed E-state index contributed by atoms with van der Waals surface area (Å²) in [4.78, 5) is 19.6. The molecule has 2 aromatic rings. The van der Waals surface area contributed by atoms with Crippen LogP contribution in [0.1, 0.15) is 5.56 Å². The molecule has 116 valence electrons. The molecule has 0 aliphatic carbocycles. The minimum absolute atomic E-state index is 0.0890. The molecular weight excluding hydrogens is 302 g/mol. The van der Waals surface area contributed by atoms with E-state index in [1.54, 1.807) is 6.07 Å². The maximum absolute atomic E-state index is 12.0. The van der Waals surface area contributed by atoms with Crippen LogP contribution in [0.25, 0.3) is 5.76 Å². The zero-order chi connectivity index (χ0) is 17.0. The van der Waals surface area contributed by atoms with Gasteiger partial charge in [0.2, 0.25) is 0 Å². The molecule has 1 aromatic carbocycles. The maximum atomic E-state index is 12.0. The number of hydrogen-bond donors (Lipinski definition) is 5. The average Bonchev–Trinajstić information content (AvgIpc) is 2.53. The summed E-state index contributed by atoms with van der Waals surface area (Å²) in [6, 6.07) is 3.63. The maximum Gasteiger partial charge on any atom is 0.271 e. The fraction of sp³-hybridized carbons (Fsp3) is 0. The van der Waals surface area contributed by atoms with Crippen molar-refractivity contribution in [2.24, 2.45) is 0 Å². The fourth-order valence-electron chi connectivity index (χ4n) is 1.68. The molecule has 0 saturated carbocycles. The number of nitrogens with one attached hydrogen (secondary N) is 1. The van der Waals surface area contributed by atoms with Crippen molar-refractivity contribution < 1.29 is 20.1 Å². The van der Waals surface area contributed by atoms with Crippen LogP contribution in [0.15, 0.2) is 36.3 Å². The Hall–Kier alpha value is -3.80. The van der Waals surface area contributed by atoms with Gasteiger partial charge in [0.25, 0.3) is 5.91 Å². The molecule has 9 nitrogen and oxygen atoms in total. The average molecular weight is 313 g/mol. The molecular formula is C14H11N5O4. The van der Waals surface area contributed by atoms with Gasteiger partial charge in [0.15, 0.2) is 22.9 Å². The summed E-state index contributed by atoms with van der Waals surface area (Å²) in [5.41, 5.74) is 4.50. The molecule has 0 fully saturated rings. The number of amides is 1. The normalized spacial score (nSPS) is 11.3. The van der Waals surface area contributed by atoms with Gasteiger partial charge in [-0.2, -0.15) is 5.26 Å². The van der Waals surface area contributed by atoms with E-state index in [-0.39, 0.29) is 17.1 Å². The first-order chi connectivity index (χ1) is 10.9. The molecule has 6 N–H and O–H groups in total. The van der Waals surface area contributed by atoms with Crippen molar-refractivity contribution in [3.63, 3.8) is 0 Å². The smallest absolute Gasteiger partial charge is 0.271 e. The number of anilines is 2. The lowest BCUT2D eigenvalue weighted by Gasteiger charge is -2.08. The Balaban J connectivity index is 2.40. The summed E-state index contributed by atoms with van der Waals surface area (Å²) in [5, 5.41) is 40.3. The molecule has 0 aliphatic heterocycles. The molecule has 0 saturated heterocycles. The van der Waals surface area contributed by atoms with Gasteiger partial charge in [-0.25, -0.2) is 4.98 Å². The first-order valence-electron chi connectivity index (χ1n) is 6.16. The Morgan fingerprint density at radius 3 is 2.61 bits per heavy atom. The van der Waals surface area contributed by atoms with Crippen LogP contribution in [0.5, 0.6) is 11.5 Å². The van der Waals surface area contributed by atoms with Crippen molar-refractivity contribution in [1.29, 1.82) is 5.26 Å². The van der Waals surface area contributed by atoms with E-state index in [2.05, 4.69) is 15.3 Å². The summed E-state index contributed by atoms with van der Waals surface area (Å²) in [6.45, 7) is 0. The van der Waals surface area contributed by atoms with E-state index in [1.165, 1.54) is 18.6 Å². The SMILES string of the molecule is N#C/C(C(=O)Nc1cnccn1)=C(/O)c1cc(N)c(O)c(O)c1. The number of rotatable bonds is 3. The van der Waals surface area contributed by atoms with Gasteiger partial charge in [-0.05, 0) is 12.1 Å². The number of phenolic OH excluding ortho intramolecular Hbond substituents is 2. The van der Waals surface area contributed by atoms with E-state index in [0.717, 1.165) is 12.1 Å². The highest BCUT2D eigenvalue weighted by molar-refractivity contribution is 6.10. The van der Waals surface area contributed by atoms with Crippen molar-refractivity contribution in [3.05, 3.63) is 41.9 Å². The number of phenols is 2. The quantitative estimate of drug-likeness (QED) is 0.183. The Kier molecular flexibility index (Phi) is 4.28. The zero-order valence-electron chi connectivity index (χ0n) is 11.6. The molecule has 0 spiro atoms. The number of nitriles is 1. The first kappa shape index (κ1) is 15.6. The second kappa shape index (κ2) is 6.31. The van der Waals surface area contributed by atoms with Crippen LogP contribution in [0, 0.1) is 11.3 Å². The van der Waals surface area contributed by atoms with Gasteiger partial charge in [-0.1, -0.05) is 0 Å². The van der Waals surface area contributed by atoms with E-state index >= 15 is 0 Å². The number of aromatic hydroxyl groups is 2. The number of aliphatic hydroxyl groups is 1. The monoisotopic (exact) mass is 313 g/mol. The highest BCUT2D eigenvalue weighted by Crippen LogP contribution is 2.34. The second-order valence-corrected chi connectivity index (χ2v) is 4.31. The third kappa shape index (κ3) is 3.27. The van der Waals surface area contributed by atoms with Crippen molar-refractivity contribution >= 4 is 23.2 Å². The van der Waals surface area contributed by atoms with Gasteiger partial charge in [-0.15, -0.1) is 0 Å². The number of nitrogens with zero attached hydrogens (tertiary/aromatic N) is 3. The standard InChI is InChI=1S/C14H11N5O4/c15-5-8(14(23)19-11-6-17-1-2-18-11)12(21)7-3-9(16)13(22)10(20)4-7/h1-4,6,20-22H,16H2,(H,18,19,23)/b12-8-. The van der Waals surface area contributed by atoms with Crippen LogP contribution in [-0.2, 0) is 4.79 Å².